The molecule has 2 aromatic carbocycles. The maximum absolute atomic E-state index is 13.1. The van der Waals surface area contributed by atoms with Gasteiger partial charge in [-0.3, -0.25) is 0 Å². The lowest BCUT2D eigenvalue weighted by atomic mass is 10.1. The highest BCUT2D eigenvalue weighted by Crippen LogP contribution is 2.31. The van der Waals surface area contributed by atoms with E-state index in [1.54, 1.807) is 18.3 Å². The summed E-state index contributed by atoms with van der Waals surface area (Å²) in [6.07, 6.45) is 2.48. The Morgan fingerprint density at radius 2 is 1.66 bits per heavy atom. The molecule has 0 saturated heterocycles. The summed E-state index contributed by atoms with van der Waals surface area (Å²) in [5, 5.41) is 1.87. The van der Waals surface area contributed by atoms with Crippen LogP contribution >= 0.6 is 11.6 Å². The molecule has 148 valence electrons. The Hall–Kier alpha value is -2.85. The summed E-state index contributed by atoms with van der Waals surface area (Å²) < 4.78 is 21.4. The van der Waals surface area contributed by atoms with Crippen LogP contribution in [0.5, 0.6) is 5.88 Å². The molecule has 0 atom stereocenters. The molecule has 0 radical (unpaired) electrons. The molecule has 3 nitrogen and oxygen atoms in total. The van der Waals surface area contributed by atoms with Gasteiger partial charge in [0, 0.05) is 35.3 Å². The Morgan fingerprint density at radius 3 is 2.38 bits per heavy atom. The van der Waals surface area contributed by atoms with Crippen molar-refractivity contribution in [2.75, 3.05) is 6.61 Å². The van der Waals surface area contributed by atoms with E-state index in [-0.39, 0.29) is 5.82 Å². The third kappa shape index (κ3) is 4.13. The largest absolute Gasteiger partial charge is 0.476 e. The van der Waals surface area contributed by atoms with Crippen LogP contribution < -0.4 is 4.74 Å². The fourth-order valence-electron chi connectivity index (χ4n) is 3.56. The molecular weight excluding hydrogens is 387 g/mol. The van der Waals surface area contributed by atoms with Gasteiger partial charge in [0.2, 0.25) is 5.88 Å². The van der Waals surface area contributed by atoms with Gasteiger partial charge in [-0.05, 0) is 60.9 Å². The lowest BCUT2D eigenvalue weighted by Crippen LogP contribution is -2.07. The Morgan fingerprint density at radius 1 is 0.966 bits per heavy atom. The van der Waals surface area contributed by atoms with E-state index in [0.717, 1.165) is 27.1 Å². The average Bonchev–Trinajstić information content (AvgIpc) is 2.97. The smallest absolute Gasteiger partial charge is 0.238 e. The van der Waals surface area contributed by atoms with E-state index >= 15 is 0 Å². The second-order valence-electron chi connectivity index (χ2n) is 7.16. The number of benzene rings is 2. The number of halogens is 2. The molecule has 0 amide bonds. The predicted octanol–water partition coefficient (Wildman–Crippen LogP) is 6.12. The van der Waals surface area contributed by atoms with Gasteiger partial charge in [0.15, 0.2) is 0 Å². The Balaban J connectivity index is 1.62. The van der Waals surface area contributed by atoms with Crippen LogP contribution in [0.4, 0.5) is 4.39 Å². The van der Waals surface area contributed by atoms with E-state index in [4.69, 9.17) is 16.3 Å². The van der Waals surface area contributed by atoms with Gasteiger partial charge in [0.1, 0.15) is 11.3 Å². The first-order valence-electron chi connectivity index (χ1n) is 9.59. The van der Waals surface area contributed by atoms with Crippen LogP contribution in [0, 0.1) is 19.7 Å². The summed E-state index contributed by atoms with van der Waals surface area (Å²) in [6.45, 7) is 5.43. The van der Waals surface area contributed by atoms with Gasteiger partial charge in [-0.1, -0.05) is 35.9 Å². The third-order valence-electron chi connectivity index (χ3n) is 5.31. The topological polar surface area (TPSA) is 27.1 Å². The SMILES string of the molecule is Cc1c(C)n(Cc2ccc(Cl)cc2)c2c(OCCc3ccc(F)cc3)nccc12. The third-order valence-corrected chi connectivity index (χ3v) is 5.56. The second-order valence-corrected chi connectivity index (χ2v) is 7.60. The van der Waals surface area contributed by atoms with Gasteiger partial charge >= 0.3 is 0 Å². The first-order valence-corrected chi connectivity index (χ1v) is 9.97. The van der Waals surface area contributed by atoms with Gasteiger partial charge in [-0.25, -0.2) is 9.37 Å². The van der Waals surface area contributed by atoms with Gasteiger partial charge in [-0.15, -0.1) is 0 Å². The summed E-state index contributed by atoms with van der Waals surface area (Å²) in [6, 6.07) is 16.4. The molecule has 4 aromatic rings. The van der Waals surface area contributed by atoms with E-state index < -0.39 is 0 Å². The molecule has 4 rings (SSSR count). The summed E-state index contributed by atoms with van der Waals surface area (Å²) in [5.41, 5.74) is 5.60. The van der Waals surface area contributed by atoms with E-state index in [1.165, 1.54) is 23.4 Å². The molecule has 0 bridgehead atoms. The molecular formula is C24H22ClFN2O. The highest BCUT2D eigenvalue weighted by Gasteiger charge is 2.16. The number of ether oxygens (including phenoxy) is 1. The number of fused-ring (bicyclic) bond motifs is 1. The van der Waals surface area contributed by atoms with Crippen LogP contribution in [0.15, 0.2) is 60.8 Å². The molecule has 2 aromatic heterocycles. The van der Waals surface area contributed by atoms with Gasteiger partial charge < -0.3 is 9.30 Å². The van der Waals surface area contributed by atoms with Crippen LogP contribution in [0.3, 0.4) is 0 Å². The molecule has 0 fully saturated rings. The molecule has 0 aliphatic rings. The molecule has 0 saturated carbocycles. The molecule has 0 aliphatic heterocycles. The van der Waals surface area contributed by atoms with Crippen molar-refractivity contribution in [1.82, 2.24) is 9.55 Å². The molecule has 2 heterocycles. The summed E-state index contributed by atoms with van der Waals surface area (Å²) in [7, 11) is 0. The zero-order valence-electron chi connectivity index (χ0n) is 16.5. The van der Waals surface area contributed by atoms with Gasteiger partial charge in [0.05, 0.1) is 6.61 Å². The molecule has 0 spiro atoms. The normalized spacial score (nSPS) is 11.2. The zero-order chi connectivity index (χ0) is 20.4. The van der Waals surface area contributed by atoms with Gasteiger partial charge in [-0.2, -0.15) is 0 Å². The quantitative estimate of drug-likeness (QED) is 0.384. The fraction of sp³-hybridized carbons (Fsp3) is 0.208. The van der Waals surface area contributed by atoms with E-state index in [0.29, 0.717) is 25.5 Å². The first kappa shape index (κ1) is 19.5. The zero-order valence-corrected chi connectivity index (χ0v) is 17.2. The van der Waals surface area contributed by atoms with Crippen molar-refractivity contribution in [1.29, 1.82) is 0 Å². The minimum absolute atomic E-state index is 0.230. The number of aryl methyl sites for hydroxylation is 1. The molecule has 0 N–H and O–H groups in total. The molecule has 0 unspecified atom stereocenters. The molecule has 29 heavy (non-hydrogen) atoms. The first-order chi connectivity index (χ1) is 14.0. The van der Waals surface area contributed by atoms with Crippen LogP contribution in [0.1, 0.15) is 22.4 Å². The number of rotatable bonds is 6. The lowest BCUT2D eigenvalue weighted by molar-refractivity contribution is 0.312. The average molecular weight is 409 g/mol. The van der Waals surface area contributed by atoms with Crippen molar-refractivity contribution in [3.05, 3.63) is 94.0 Å². The van der Waals surface area contributed by atoms with Crippen molar-refractivity contribution < 1.29 is 9.13 Å². The number of pyridine rings is 1. The summed E-state index contributed by atoms with van der Waals surface area (Å²) in [5.74, 6) is 0.391. The van der Waals surface area contributed by atoms with Crippen LogP contribution in [0.2, 0.25) is 5.02 Å². The Bertz CT molecular complexity index is 1130. The Labute approximate surface area is 174 Å². The maximum atomic E-state index is 13.1. The number of nitrogens with zero attached hydrogens (tertiary/aromatic N) is 2. The van der Waals surface area contributed by atoms with Crippen molar-refractivity contribution in [3.63, 3.8) is 0 Å². The minimum atomic E-state index is -0.230. The molecule has 5 heteroatoms. The highest BCUT2D eigenvalue weighted by atomic mass is 35.5. The second kappa shape index (κ2) is 8.26. The highest BCUT2D eigenvalue weighted by molar-refractivity contribution is 6.30. The Kier molecular flexibility index (Phi) is 5.54. The molecule has 0 aliphatic carbocycles. The van der Waals surface area contributed by atoms with Crippen LogP contribution in [-0.4, -0.2) is 16.2 Å². The van der Waals surface area contributed by atoms with E-state index in [9.17, 15) is 4.39 Å². The summed E-state index contributed by atoms with van der Waals surface area (Å²) >= 11 is 6.03. The monoisotopic (exact) mass is 408 g/mol. The van der Waals surface area contributed by atoms with E-state index in [1.807, 2.05) is 30.3 Å². The van der Waals surface area contributed by atoms with Crippen molar-refractivity contribution in [2.24, 2.45) is 0 Å². The van der Waals surface area contributed by atoms with E-state index in [2.05, 4.69) is 23.4 Å². The fourth-order valence-corrected chi connectivity index (χ4v) is 3.68. The van der Waals surface area contributed by atoms with Gasteiger partial charge in [0.25, 0.3) is 0 Å². The van der Waals surface area contributed by atoms with Crippen molar-refractivity contribution >= 4 is 22.5 Å². The number of hydrogen-bond donors (Lipinski definition) is 0. The summed E-state index contributed by atoms with van der Waals surface area (Å²) in [4.78, 5) is 4.50. The number of hydrogen-bond acceptors (Lipinski definition) is 2. The maximum Gasteiger partial charge on any atom is 0.238 e. The van der Waals surface area contributed by atoms with Crippen molar-refractivity contribution in [2.45, 2.75) is 26.8 Å². The van der Waals surface area contributed by atoms with Crippen molar-refractivity contribution in [3.8, 4) is 5.88 Å². The lowest BCUT2D eigenvalue weighted by Gasteiger charge is -2.12. The standard InChI is InChI=1S/C24H22ClFN2O/c1-16-17(2)28(15-19-3-7-20(25)8-4-19)23-22(16)11-13-27-24(23)29-14-12-18-5-9-21(26)10-6-18/h3-11,13H,12,14-15H2,1-2H3. The van der Waals surface area contributed by atoms with Crippen LogP contribution in [-0.2, 0) is 13.0 Å². The predicted molar refractivity (Wildman–Crippen MR) is 115 cm³/mol. The van der Waals surface area contributed by atoms with Crippen LogP contribution in [0.25, 0.3) is 10.9 Å². The number of aromatic nitrogens is 2. The minimum Gasteiger partial charge on any atom is -0.476 e.